The molecule has 0 unspecified atom stereocenters. The van der Waals surface area contributed by atoms with Crippen LogP contribution >= 0.6 is 0 Å². The third-order valence-corrected chi connectivity index (χ3v) is 2.63. The van der Waals surface area contributed by atoms with E-state index in [1.165, 1.54) is 7.05 Å². The van der Waals surface area contributed by atoms with Crippen LogP contribution in [0.4, 0.5) is 24.8 Å². The van der Waals surface area contributed by atoms with Crippen LogP contribution in [-0.2, 0) is 12.6 Å². The minimum Gasteiger partial charge on any atom is -0.373 e. The summed E-state index contributed by atoms with van der Waals surface area (Å²) in [4.78, 5) is 8.02. The van der Waals surface area contributed by atoms with Gasteiger partial charge in [-0.15, -0.1) is 0 Å². The molecule has 0 aliphatic rings. The van der Waals surface area contributed by atoms with Crippen LogP contribution in [0.1, 0.15) is 17.3 Å². The largest absolute Gasteiger partial charge is 0.416 e. The fourth-order valence-corrected chi connectivity index (χ4v) is 1.66. The summed E-state index contributed by atoms with van der Waals surface area (Å²) >= 11 is 0. The normalized spacial score (nSPS) is 11.5. The molecule has 0 aliphatic heterocycles. The van der Waals surface area contributed by atoms with E-state index < -0.39 is 11.7 Å². The summed E-state index contributed by atoms with van der Waals surface area (Å²) in [6.07, 6.45) is -4.00. The summed E-state index contributed by atoms with van der Waals surface area (Å²) in [6, 6.07) is 1.91. The standard InChI is InChI=1S/C12H14F3N5O/c1-7-18-9(20-21-7)3-4-17-11-6-8(12(13,14)15)5-10(16-2)19-11/h5-6H,3-4H2,1-2H3,(H2,16,17,19). The molecule has 0 saturated carbocycles. The first kappa shape index (κ1) is 15.1. The molecule has 0 bridgehead atoms. The molecule has 0 radical (unpaired) electrons. The predicted octanol–water partition coefficient (Wildman–Crippen LogP) is 2.49. The highest BCUT2D eigenvalue weighted by Gasteiger charge is 2.31. The number of rotatable bonds is 5. The van der Waals surface area contributed by atoms with E-state index in [1.807, 2.05) is 0 Å². The number of halogens is 3. The molecule has 2 aromatic heterocycles. The molecule has 0 fully saturated rings. The second-order valence-corrected chi connectivity index (χ2v) is 4.28. The van der Waals surface area contributed by atoms with E-state index >= 15 is 0 Å². The Morgan fingerprint density at radius 3 is 2.48 bits per heavy atom. The van der Waals surface area contributed by atoms with Gasteiger partial charge in [-0.2, -0.15) is 18.2 Å². The van der Waals surface area contributed by atoms with Crippen molar-refractivity contribution < 1.29 is 17.7 Å². The molecule has 2 rings (SSSR count). The van der Waals surface area contributed by atoms with Gasteiger partial charge in [0.1, 0.15) is 11.6 Å². The molecule has 6 nitrogen and oxygen atoms in total. The number of alkyl halides is 3. The average molecular weight is 301 g/mol. The molecule has 9 heteroatoms. The Balaban J connectivity index is 2.05. The number of aryl methyl sites for hydroxylation is 1. The van der Waals surface area contributed by atoms with E-state index in [1.54, 1.807) is 6.92 Å². The fourth-order valence-electron chi connectivity index (χ4n) is 1.66. The molecule has 0 spiro atoms. The summed E-state index contributed by atoms with van der Waals surface area (Å²) in [5.74, 6) is 1.21. The summed E-state index contributed by atoms with van der Waals surface area (Å²) < 4.78 is 43.1. The Morgan fingerprint density at radius 1 is 1.19 bits per heavy atom. The number of nitrogens with one attached hydrogen (secondary N) is 2. The quantitative estimate of drug-likeness (QED) is 0.883. The monoisotopic (exact) mass is 301 g/mol. The summed E-state index contributed by atoms with van der Waals surface area (Å²) in [5, 5.41) is 9.12. The molecule has 2 N–H and O–H groups in total. The number of hydrogen-bond donors (Lipinski definition) is 2. The summed E-state index contributed by atoms with van der Waals surface area (Å²) in [5.41, 5.74) is -0.764. The van der Waals surface area contributed by atoms with Crippen LogP contribution in [0.2, 0.25) is 0 Å². The predicted molar refractivity (Wildman–Crippen MR) is 70.0 cm³/mol. The second kappa shape index (κ2) is 5.98. The van der Waals surface area contributed by atoms with Gasteiger partial charge in [0.25, 0.3) is 0 Å². The molecular formula is C12H14F3N5O. The molecule has 114 valence electrons. The molecule has 0 saturated heterocycles. The van der Waals surface area contributed by atoms with Crippen molar-refractivity contribution in [1.29, 1.82) is 0 Å². The van der Waals surface area contributed by atoms with Crippen molar-refractivity contribution in [2.75, 3.05) is 24.2 Å². The molecule has 0 atom stereocenters. The number of hydrogen-bond acceptors (Lipinski definition) is 6. The van der Waals surface area contributed by atoms with Gasteiger partial charge in [-0.25, -0.2) is 4.98 Å². The van der Waals surface area contributed by atoms with Crippen molar-refractivity contribution in [3.63, 3.8) is 0 Å². The van der Waals surface area contributed by atoms with Gasteiger partial charge in [-0.05, 0) is 12.1 Å². The highest BCUT2D eigenvalue weighted by Crippen LogP contribution is 2.31. The minimum atomic E-state index is -4.42. The fraction of sp³-hybridized carbons (Fsp3) is 0.417. The second-order valence-electron chi connectivity index (χ2n) is 4.28. The Labute approximate surface area is 118 Å². The van der Waals surface area contributed by atoms with Gasteiger partial charge in [0, 0.05) is 26.9 Å². The van der Waals surface area contributed by atoms with Crippen LogP contribution in [-0.4, -0.2) is 28.7 Å². The Morgan fingerprint density at radius 2 is 1.90 bits per heavy atom. The summed E-state index contributed by atoms with van der Waals surface area (Å²) in [6.45, 7) is 2.01. The topological polar surface area (TPSA) is 75.9 Å². The molecule has 2 heterocycles. The third kappa shape index (κ3) is 4.07. The van der Waals surface area contributed by atoms with Gasteiger partial charge in [0.15, 0.2) is 5.82 Å². The van der Waals surface area contributed by atoms with E-state index in [-0.39, 0.29) is 11.6 Å². The smallest absolute Gasteiger partial charge is 0.373 e. The highest BCUT2D eigenvalue weighted by molar-refractivity contribution is 5.49. The van der Waals surface area contributed by atoms with Gasteiger partial charge in [0.2, 0.25) is 5.89 Å². The van der Waals surface area contributed by atoms with E-state index in [0.717, 1.165) is 12.1 Å². The third-order valence-electron chi connectivity index (χ3n) is 2.63. The lowest BCUT2D eigenvalue weighted by atomic mass is 10.2. The Bertz CT molecular complexity index is 611. The van der Waals surface area contributed by atoms with E-state index in [4.69, 9.17) is 4.52 Å². The van der Waals surface area contributed by atoms with Gasteiger partial charge in [0.05, 0.1) is 5.56 Å². The molecular weight excluding hydrogens is 287 g/mol. The van der Waals surface area contributed by atoms with E-state index in [0.29, 0.717) is 24.7 Å². The van der Waals surface area contributed by atoms with Crippen molar-refractivity contribution in [3.05, 3.63) is 29.4 Å². The van der Waals surface area contributed by atoms with Crippen LogP contribution in [0.25, 0.3) is 0 Å². The first-order chi connectivity index (χ1) is 9.88. The van der Waals surface area contributed by atoms with Gasteiger partial charge in [-0.3, -0.25) is 0 Å². The van der Waals surface area contributed by atoms with Crippen molar-refractivity contribution >= 4 is 11.6 Å². The van der Waals surface area contributed by atoms with E-state index in [9.17, 15) is 13.2 Å². The molecule has 0 aliphatic carbocycles. The van der Waals surface area contributed by atoms with Crippen molar-refractivity contribution in [1.82, 2.24) is 15.1 Å². The maximum Gasteiger partial charge on any atom is 0.416 e. The lowest BCUT2D eigenvalue weighted by Crippen LogP contribution is -2.11. The van der Waals surface area contributed by atoms with Gasteiger partial charge in [-0.1, -0.05) is 5.16 Å². The molecule has 0 aromatic carbocycles. The van der Waals surface area contributed by atoms with E-state index in [2.05, 4.69) is 25.8 Å². The first-order valence-corrected chi connectivity index (χ1v) is 6.18. The molecule has 2 aromatic rings. The average Bonchev–Trinajstić information content (AvgIpc) is 2.83. The van der Waals surface area contributed by atoms with Gasteiger partial charge < -0.3 is 15.2 Å². The van der Waals surface area contributed by atoms with Crippen molar-refractivity contribution in [2.45, 2.75) is 19.5 Å². The van der Waals surface area contributed by atoms with Crippen LogP contribution in [0.5, 0.6) is 0 Å². The lowest BCUT2D eigenvalue weighted by Gasteiger charge is -2.12. The zero-order valence-corrected chi connectivity index (χ0v) is 11.5. The number of anilines is 2. The van der Waals surface area contributed by atoms with Crippen LogP contribution < -0.4 is 10.6 Å². The van der Waals surface area contributed by atoms with Crippen molar-refractivity contribution in [2.24, 2.45) is 0 Å². The number of nitrogens with zero attached hydrogens (tertiary/aromatic N) is 3. The van der Waals surface area contributed by atoms with Crippen LogP contribution in [0, 0.1) is 6.92 Å². The van der Waals surface area contributed by atoms with Gasteiger partial charge >= 0.3 is 6.18 Å². The number of aromatic nitrogens is 3. The zero-order chi connectivity index (χ0) is 15.5. The maximum atomic E-state index is 12.8. The molecule has 21 heavy (non-hydrogen) atoms. The van der Waals surface area contributed by atoms with Crippen LogP contribution in [0.3, 0.4) is 0 Å². The maximum absolute atomic E-state index is 12.8. The Kier molecular flexibility index (Phi) is 4.29. The minimum absolute atomic E-state index is 0.134. The Hall–Kier alpha value is -2.32. The summed E-state index contributed by atoms with van der Waals surface area (Å²) in [7, 11) is 1.51. The van der Waals surface area contributed by atoms with Crippen molar-refractivity contribution in [3.8, 4) is 0 Å². The lowest BCUT2D eigenvalue weighted by molar-refractivity contribution is -0.137. The SMILES string of the molecule is CNc1cc(C(F)(F)F)cc(NCCc2noc(C)n2)n1. The van der Waals surface area contributed by atoms with Crippen LogP contribution in [0.15, 0.2) is 16.7 Å². The zero-order valence-electron chi connectivity index (χ0n) is 11.5. The molecule has 0 amide bonds. The number of pyridine rings is 1. The highest BCUT2D eigenvalue weighted by atomic mass is 19.4. The first-order valence-electron chi connectivity index (χ1n) is 6.18.